The number of ether oxygens (including phenoxy) is 1. The Balaban J connectivity index is 2.70. The monoisotopic (exact) mass is 299 g/mol. The summed E-state index contributed by atoms with van der Waals surface area (Å²) in [6.45, 7) is 9.28. The maximum atomic E-state index is 5.95. The number of hydrogen-bond donors (Lipinski definition) is 1. The van der Waals surface area contributed by atoms with Gasteiger partial charge in [-0.05, 0) is 31.5 Å². The van der Waals surface area contributed by atoms with E-state index >= 15 is 0 Å². The molecule has 0 spiro atoms. The van der Waals surface area contributed by atoms with E-state index in [1.165, 1.54) is 5.56 Å². The Morgan fingerprint density at radius 2 is 1.71 bits per heavy atom. The molecule has 96 valence electrons. The summed E-state index contributed by atoms with van der Waals surface area (Å²) in [5.74, 6) is 0. The van der Waals surface area contributed by atoms with Gasteiger partial charge in [-0.3, -0.25) is 0 Å². The highest BCUT2D eigenvalue weighted by Crippen LogP contribution is 2.21. The Hall–Kier alpha value is -0.380. The van der Waals surface area contributed by atoms with Crippen molar-refractivity contribution in [1.82, 2.24) is 5.32 Å². The van der Waals surface area contributed by atoms with Crippen LogP contribution < -0.4 is 5.32 Å². The van der Waals surface area contributed by atoms with E-state index in [9.17, 15) is 0 Å². The highest BCUT2D eigenvalue weighted by Gasteiger charge is 2.13. The van der Waals surface area contributed by atoms with Gasteiger partial charge in [0, 0.05) is 17.1 Å². The third-order valence-corrected chi connectivity index (χ3v) is 2.92. The van der Waals surface area contributed by atoms with Crippen LogP contribution >= 0.6 is 15.9 Å². The van der Waals surface area contributed by atoms with Crippen molar-refractivity contribution >= 4 is 15.9 Å². The van der Waals surface area contributed by atoms with Crippen LogP contribution in [0.25, 0.3) is 0 Å². The van der Waals surface area contributed by atoms with Gasteiger partial charge in [0.05, 0.1) is 12.2 Å². The van der Waals surface area contributed by atoms with Gasteiger partial charge in [0.1, 0.15) is 0 Å². The zero-order valence-corrected chi connectivity index (χ0v) is 12.6. The molecule has 0 radical (unpaired) electrons. The summed E-state index contributed by atoms with van der Waals surface area (Å²) >= 11 is 3.45. The second-order valence-electron chi connectivity index (χ2n) is 4.79. The summed E-state index contributed by atoms with van der Waals surface area (Å²) in [5.41, 5.74) is 1.22. The molecule has 17 heavy (non-hydrogen) atoms. The minimum Gasteiger partial charge on any atom is -0.370 e. The molecule has 1 unspecified atom stereocenters. The molecule has 0 aliphatic heterocycles. The number of rotatable bonds is 6. The van der Waals surface area contributed by atoms with E-state index in [1.54, 1.807) is 0 Å². The van der Waals surface area contributed by atoms with Gasteiger partial charge in [-0.1, -0.05) is 41.9 Å². The Labute approximate surface area is 113 Å². The second-order valence-corrected chi connectivity index (χ2v) is 5.70. The molecule has 1 aromatic carbocycles. The van der Waals surface area contributed by atoms with Crippen LogP contribution in [-0.2, 0) is 4.74 Å². The molecule has 2 nitrogen and oxygen atoms in total. The first-order valence-corrected chi connectivity index (χ1v) is 6.92. The summed E-state index contributed by atoms with van der Waals surface area (Å²) in [5, 5.41) is 3.43. The highest BCUT2D eigenvalue weighted by atomic mass is 79.9. The van der Waals surface area contributed by atoms with E-state index in [1.807, 2.05) is 0 Å². The maximum Gasteiger partial charge on any atom is 0.0952 e. The molecular weight excluding hydrogens is 278 g/mol. The summed E-state index contributed by atoms with van der Waals surface area (Å²) in [6.07, 6.45) is 0.350. The Bertz CT molecular complexity index is 321. The minimum absolute atomic E-state index is 0.116. The highest BCUT2D eigenvalue weighted by molar-refractivity contribution is 9.10. The molecule has 0 fully saturated rings. The van der Waals surface area contributed by atoms with Gasteiger partial charge < -0.3 is 10.1 Å². The average Bonchev–Trinajstić information content (AvgIpc) is 2.25. The first-order valence-electron chi connectivity index (χ1n) is 6.13. The largest absolute Gasteiger partial charge is 0.370 e. The van der Waals surface area contributed by atoms with E-state index in [2.05, 4.69) is 73.2 Å². The molecule has 1 atom stereocenters. The van der Waals surface area contributed by atoms with Crippen molar-refractivity contribution in [2.45, 2.75) is 45.9 Å². The normalized spacial score (nSPS) is 13.4. The van der Waals surface area contributed by atoms with Crippen LogP contribution in [0.4, 0.5) is 0 Å². The lowest BCUT2D eigenvalue weighted by Gasteiger charge is -2.22. The summed E-state index contributed by atoms with van der Waals surface area (Å²) in [6, 6.07) is 8.81. The van der Waals surface area contributed by atoms with E-state index < -0.39 is 0 Å². The van der Waals surface area contributed by atoms with Crippen molar-refractivity contribution in [3.05, 3.63) is 34.3 Å². The Morgan fingerprint density at radius 3 is 2.18 bits per heavy atom. The number of halogens is 1. The first-order chi connectivity index (χ1) is 7.99. The van der Waals surface area contributed by atoms with Crippen LogP contribution in [0.5, 0.6) is 0 Å². The minimum atomic E-state index is 0.116. The van der Waals surface area contributed by atoms with Crippen molar-refractivity contribution in [1.29, 1.82) is 0 Å². The van der Waals surface area contributed by atoms with E-state index in [0.29, 0.717) is 6.04 Å². The average molecular weight is 300 g/mol. The van der Waals surface area contributed by atoms with Crippen LogP contribution in [0.2, 0.25) is 0 Å². The quantitative estimate of drug-likeness (QED) is 0.860. The third kappa shape index (κ3) is 5.66. The van der Waals surface area contributed by atoms with Crippen LogP contribution in [0.15, 0.2) is 28.7 Å². The lowest BCUT2D eigenvalue weighted by atomic mass is 10.1. The zero-order valence-electron chi connectivity index (χ0n) is 11.0. The number of nitrogens with one attached hydrogen (secondary N) is 1. The van der Waals surface area contributed by atoms with Gasteiger partial charge in [0.25, 0.3) is 0 Å². The van der Waals surface area contributed by atoms with Crippen molar-refractivity contribution in [3.8, 4) is 0 Å². The fourth-order valence-corrected chi connectivity index (χ4v) is 1.86. The van der Waals surface area contributed by atoms with Crippen molar-refractivity contribution in [3.63, 3.8) is 0 Å². The number of hydrogen-bond acceptors (Lipinski definition) is 2. The van der Waals surface area contributed by atoms with Crippen LogP contribution in [-0.4, -0.2) is 18.7 Å². The molecule has 0 saturated heterocycles. The van der Waals surface area contributed by atoms with Gasteiger partial charge in [0.15, 0.2) is 0 Å². The maximum absolute atomic E-state index is 5.95. The van der Waals surface area contributed by atoms with E-state index in [0.717, 1.165) is 11.0 Å². The molecule has 1 N–H and O–H groups in total. The van der Waals surface area contributed by atoms with Crippen LogP contribution in [0.1, 0.15) is 39.4 Å². The molecule has 0 bridgehead atoms. The van der Waals surface area contributed by atoms with Crippen molar-refractivity contribution < 1.29 is 4.74 Å². The van der Waals surface area contributed by atoms with Crippen LogP contribution in [0.3, 0.4) is 0 Å². The van der Waals surface area contributed by atoms with Gasteiger partial charge in [0.2, 0.25) is 0 Å². The smallest absolute Gasteiger partial charge is 0.0952 e. The fourth-order valence-electron chi connectivity index (χ4n) is 1.59. The lowest BCUT2D eigenvalue weighted by Crippen LogP contribution is -2.30. The molecule has 0 heterocycles. The Kier molecular flexibility index (Phi) is 6.17. The summed E-state index contributed by atoms with van der Waals surface area (Å²) < 4.78 is 7.05. The third-order valence-electron chi connectivity index (χ3n) is 2.39. The molecule has 0 aliphatic carbocycles. The van der Waals surface area contributed by atoms with Crippen LogP contribution in [0, 0.1) is 0 Å². The van der Waals surface area contributed by atoms with Crippen molar-refractivity contribution in [2.24, 2.45) is 0 Å². The molecule has 1 rings (SSSR count). The standard InChI is InChI=1S/C14H22BrNO/c1-10(2)16-9-14(17-11(3)4)12-5-7-13(15)8-6-12/h5-8,10-11,14,16H,9H2,1-4H3. The molecular formula is C14H22BrNO. The number of benzene rings is 1. The van der Waals surface area contributed by atoms with Crippen molar-refractivity contribution in [2.75, 3.05) is 6.54 Å². The molecule has 3 heteroatoms. The molecule has 0 amide bonds. The molecule has 0 saturated carbocycles. The predicted molar refractivity (Wildman–Crippen MR) is 76.2 cm³/mol. The zero-order chi connectivity index (χ0) is 12.8. The fraction of sp³-hybridized carbons (Fsp3) is 0.571. The van der Waals surface area contributed by atoms with Gasteiger partial charge >= 0.3 is 0 Å². The summed E-state index contributed by atoms with van der Waals surface area (Å²) in [4.78, 5) is 0. The molecule has 0 aliphatic rings. The summed E-state index contributed by atoms with van der Waals surface area (Å²) in [7, 11) is 0. The molecule has 1 aromatic rings. The van der Waals surface area contributed by atoms with Gasteiger partial charge in [-0.15, -0.1) is 0 Å². The second kappa shape index (κ2) is 7.14. The lowest BCUT2D eigenvalue weighted by molar-refractivity contribution is 0.00617. The van der Waals surface area contributed by atoms with E-state index in [4.69, 9.17) is 4.74 Å². The van der Waals surface area contributed by atoms with E-state index in [-0.39, 0.29) is 12.2 Å². The van der Waals surface area contributed by atoms with Gasteiger partial charge in [-0.2, -0.15) is 0 Å². The predicted octanol–water partition coefficient (Wildman–Crippen LogP) is 3.91. The Morgan fingerprint density at radius 1 is 1.12 bits per heavy atom. The SMILES string of the molecule is CC(C)NCC(OC(C)C)c1ccc(Br)cc1. The first kappa shape index (κ1) is 14.7. The topological polar surface area (TPSA) is 21.3 Å². The molecule has 0 aromatic heterocycles. The van der Waals surface area contributed by atoms with Gasteiger partial charge in [-0.25, -0.2) is 0 Å².